The van der Waals surface area contributed by atoms with Crippen LogP contribution in [-0.4, -0.2) is 31.0 Å². The molecule has 1 unspecified atom stereocenters. The SMILES string of the molecule is COc1ccc(N2C(=O)CC(NNC(N)=O)C2=O)cc1. The number of hydrogen-bond acceptors (Lipinski definition) is 5. The molecular weight excluding hydrogens is 264 g/mol. The summed E-state index contributed by atoms with van der Waals surface area (Å²) in [5.41, 5.74) is 9.86. The number of urea groups is 1. The van der Waals surface area contributed by atoms with Gasteiger partial charge in [-0.25, -0.2) is 15.1 Å². The highest BCUT2D eigenvalue weighted by Crippen LogP contribution is 2.24. The van der Waals surface area contributed by atoms with Gasteiger partial charge in [0.05, 0.1) is 19.2 Å². The van der Waals surface area contributed by atoms with Crippen molar-refractivity contribution in [3.8, 4) is 5.75 Å². The van der Waals surface area contributed by atoms with Crippen LogP contribution in [0.2, 0.25) is 0 Å². The molecule has 4 N–H and O–H groups in total. The van der Waals surface area contributed by atoms with E-state index in [0.717, 1.165) is 4.90 Å². The number of rotatable bonds is 4. The van der Waals surface area contributed by atoms with Gasteiger partial charge in [-0.05, 0) is 24.3 Å². The fraction of sp³-hybridized carbons (Fsp3) is 0.250. The molecule has 0 aliphatic carbocycles. The Morgan fingerprint density at radius 1 is 1.35 bits per heavy atom. The van der Waals surface area contributed by atoms with Gasteiger partial charge in [0.1, 0.15) is 11.8 Å². The number of ether oxygens (including phenoxy) is 1. The van der Waals surface area contributed by atoms with E-state index < -0.39 is 18.0 Å². The maximum Gasteiger partial charge on any atom is 0.326 e. The van der Waals surface area contributed by atoms with E-state index in [1.807, 2.05) is 0 Å². The van der Waals surface area contributed by atoms with Crippen molar-refractivity contribution in [2.75, 3.05) is 12.0 Å². The van der Waals surface area contributed by atoms with Gasteiger partial charge in [-0.1, -0.05) is 0 Å². The first-order chi connectivity index (χ1) is 9.52. The predicted molar refractivity (Wildman–Crippen MR) is 69.7 cm³/mol. The minimum absolute atomic E-state index is 0.0505. The van der Waals surface area contributed by atoms with Crippen molar-refractivity contribution in [3.63, 3.8) is 0 Å². The van der Waals surface area contributed by atoms with Crippen molar-refractivity contribution in [2.45, 2.75) is 12.5 Å². The van der Waals surface area contributed by atoms with Crippen LogP contribution in [0.4, 0.5) is 10.5 Å². The zero-order valence-electron chi connectivity index (χ0n) is 10.8. The maximum atomic E-state index is 12.1. The Balaban J connectivity index is 2.13. The Hall–Kier alpha value is -2.61. The first-order valence-corrected chi connectivity index (χ1v) is 5.84. The summed E-state index contributed by atoms with van der Waals surface area (Å²) >= 11 is 0. The van der Waals surface area contributed by atoms with Crippen LogP contribution in [0.3, 0.4) is 0 Å². The van der Waals surface area contributed by atoms with Crippen LogP contribution in [0.5, 0.6) is 5.75 Å². The largest absolute Gasteiger partial charge is 0.497 e. The van der Waals surface area contributed by atoms with E-state index in [9.17, 15) is 14.4 Å². The van der Waals surface area contributed by atoms with Crippen molar-refractivity contribution >= 4 is 23.5 Å². The second-order valence-corrected chi connectivity index (χ2v) is 4.16. The number of imide groups is 1. The number of amides is 4. The number of carbonyl (C=O) groups is 3. The van der Waals surface area contributed by atoms with Crippen LogP contribution in [0.25, 0.3) is 0 Å². The fourth-order valence-corrected chi connectivity index (χ4v) is 1.91. The van der Waals surface area contributed by atoms with Gasteiger partial charge in [0.15, 0.2) is 0 Å². The lowest BCUT2D eigenvalue weighted by Crippen LogP contribution is -2.50. The van der Waals surface area contributed by atoms with Crippen LogP contribution in [-0.2, 0) is 9.59 Å². The van der Waals surface area contributed by atoms with Crippen LogP contribution in [0, 0.1) is 0 Å². The molecule has 0 aromatic heterocycles. The number of hydrazine groups is 1. The van der Waals surface area contributed by atoms with Gasteiger partial charge < -0.3 is 10.5 Å². The first kappa shape index (κ1) is 13.8. The molecule has 0 spiro atoms. The lowest BCUT2D eigenvalue weighted by Gasteiger charge is -2.15. The van der Waals surface area contributed by atoms with Gasteiger partial charge in [0, 0.05) is 0 Å². The second kappa shape index (κ2) is 5.57. The monoisotopic (exact) mass is 278 g/mol. The lowest BCUT2D eigenvalue weighted by molar-refractivity contribution is -0.121. The van der Waals surface area contributed by atoms with Gasteiger partial charge >= 0.3 is 6.03 Å². The minimum atomic E-state index is -0.826. The van der Waals surface area contributed by atoms with E-state index in [-0.39, 0.29) is 12.3 Å². The van der Waals surface area contributed by atoms with E-state index in [1.165, 1.54) is 7.11 Å². The molecule has 0 radical (unpaired) electrons. The molecule has 8 nitrogen and oxygen atoms in total. The fourth-order valence-electron chi connectivity index (χ4n) is 1.91. The average Bonchev–Trinajstić information content (AvgIpc) is 2.71. The number of methoxy groups -OCH3 is 1. The molecule has 0 bridgehead atoms. The predicted octanol–water partition coefficient (Wildman–Crippen LogP) is -0.500. The Kier molecular flexibility index (Phi) is 3.85. The number of primary amides is 1. The number of nitrogens with one attached hydrogen (secondary N) is 2. The number of benzene rings is 1. The zero-order chi connectivity index (χ0) is 14.7. The second-order valence-electron chi connectivity index (χ2n) is 4.16. The number of anilines is 1. The molecule has 1 aromatic rings. The van der Waals surface area contributed by atoms with Crippen LogP contribution < -0.4 is 26.2 Å². The molecule has 2 rings (SSSR count). The Morgan fingerprint density at radius 2 is 2.00 bits per heavy atom. The molecule has 1 atom stereocenters. The summed E-state index contributed by atoms with van der Waals surface area (Å²) in [6, 6.07) is 4.87. The molecule has 1 aliphatic rings. The van der Waals surface area contributed by atoms with Crippen molar-refractivity contribution < 1.29 is 19.1 Å². The third-order valence-corrected chi connectivity index (χ3v) is 2.85. The molecule has 0 saturated carbocycles. The molecule has 1 aromatic carbocycles. The summed E-state index contributed by atoms with van der Waals surface area (Å²) in [6.07, 6.45) is -0.0505. The van der Waals surface area contributed by atoms with Crippen LogP contribution in [0.15, 0.2) is 24.3 Å². The molecule has 8 heteroatoms. The summed E-state index contributed by atoms with van der Waals surface area (Å²) in [7, 11) is 1.52. The highest BCUT2D eigenvalue weighted by atomic mass is 16.5. The van der Waals surface area contributed by atoms with E-state index >= 15 is 0 Å². The summed E-state index contributed by atoms with van der Waals surface area (Å²) in [5.74, 6) is -0.184. The summed E-state index contributed by atoms with van der Waals surface area (Å²) in [6.45, 7) is 0. The maximum absolute atomic E-state index is 12.1. The lowest BCUT2D eigenvalue weighted by atomic mass is 10.2. The van der Waals surface area contributed by atoms with Gasteiger partial charge in [-0.2, -0.15) is 0 Å². The molecule has 1 saturated heterocycles. The zero-order valence-corrected chi connectivity index (χ0v) is 10.8. The average molecular weight is 278 g/mol. The van der Waals surface area contributed by atoms with Crippen molar-refractivity contribution in [1.82, 2.24) is 10.9 Å². The Labute approximate surface area is 114 Å². The number of carbonyl (C=O) groups excluding carboxylic acids is 3. The molecule has 1 fully saturated rings. The van der Waals surface area contributed by atoms with Gasteiger partial charge in [0.25, 0.3) is 5.91 Å². The standard InChI is InChI=1S/C12H14N4O4/c1-20-8-4-2-7(3-5-8)16-10(17)6-9(11(16)18)14-15-12(13)19/h2-5,9,14H,6H2,1H3,(H3,13,15,19). The third-order valence-electron chi connectivity index (χ3n) is 2.85. The summed E-state index contributed by atoms with van der Waals surface area (Å²) in [5, 5.41) is 0. The molecule has 20 heavy (non-hydrogen) atoms. The quantitative estimate of drug-likeness (QED) is 0.507. The smallest absolute Gasteiger partial charge is 0.326 e. The van der Waals surface area contributed by atoms with E-state index in [4.69, 9.17) is 10.5 Å². The first-order valence-electron chi connectivity index (χ1n) is 5.84. The van der Waals surface area contributed by atoms with Gasteiger partial charge in [0.2, 0.25) is 5.91 Å². The molecule has 1 heterocycles. The molecule has 106 valence electrons. The minimum Gasteiger partial charge on any atom is -0.497 e. The van der Waals surface area contributed by atoms with Crippen molar-refractivity contribution in [3.05, 3.63) is 24.3 Å². The summed E-state index contributed by atoms with van der Waals surface area (Å²) < 4.78 is 5.01. The molecular formula is C12H14N4O4. The highest BCUT2D eigenvalue weighted by Gasteiger charge is 2.39. The normalized spacial score (nSPS) is 18.2. The van der Waals surface area contributed by atoms with Gasteiger partial charge in [-0.15, -0.1) is 0 Å². The number of nitrogens with zero attached hydrogens (tertiary/aromatic N) is 1. The topological polar surface area (TPSA) is 114 Å². The van der Waals surface area contributed by atoms with Crippen LogP contribution in [0.1, 0.15) is 6.42 Å². The Bertz CT molecular complexity index is 543. The Morgan fingerprint density at radius 3 is 2.55 bits per heavy atom. The third kappa shape index (κ3) is 2.69. The van der Waals surface area contributed by atoms with E-state index in [1.54, 1.807) is 24.3 Å². The van der Waals surface area contributed by atoms with Gasteiger partial charge in [-0.3, -0.25) is 15.0 Å². The summed E-state index contributed by atoms with van der Waals surface area (Å²) in [4.78, 5) is 35.6. The highest BCUT2D eigenvalue weighted by molar-refractivity contribution is 6.22. The van der Waals surface area contributed by atoms with E-state index in [0.29, 0.717) is 11.4 Å². The van der Waals surface area contributed by atoms with Crippen LogP contribution >= 0.6 is 0 Å². The van der Waals surface area contributed by atoms with Crippen molar-refractivity contribution in [2.24, 2.45) is 5.73 Å². The van der Waals surface area contributed by atoms with Crippen molar-refractivity contribution in [1.29, 1.82) is 0 Å². The number of nitrogens with two attached hydrogens (primary N) is 1. The van der Waals surface area contributed by atoms with E-state index in [2.05, 4.69) is 10.9 Å². The molecule has 1 aliphatic heterocycles. The molecule has 4 amide bonds. The number of hydrogen-bond donors (Lipinski definition) is 3.